The van der Waals surface area contributed by atoms with Crippen LogP contribution in [0.1, 0.15) is 22.7 Å². The fraction of sp³-hybridized carbons (Fsp3) is 0.0833. The number of rotatable bonds is 3. The summed E-state index contributed by atoms with van der Waals surface area (Å²) in [5, 5.41) is 10.4. The van der Waals surface area contributed by atoms with E-state index in [9.17, 15) is 23.1 Å². The van der Waals surface area contributed by atoms with Gasteiger partial charge >= 0.3 is 6.18 Å². The Bertz CT molecular complexity index is 1410. The second-order valence-corrected chi connectivity index (χ2v) is 7.95. The van der Waals surface area contributed by atoms with Crippen molar-refractivity contribution in [2.75, 3.05) is 4.90 Å². The highest BCUT2D eigenvalue weighted by Gasteiger charge is 2.43. The maximum atomic E-state index is 13.6. The van der Waals surface area contributed by atoms with Gasteiger partial charge in [0, 0.05) is 11.3 Å². The molecule has 0 fully saturated rings. The van der Waals surface area contributed by atoms with Crippen LogP contribution < -0.4 is 4.90 Å². The molecule has 0 saturated carbocycles. The van der Waals surface area contributed by atoms with Gasteiger partial charge in [-0.1, -0.05) is 48.0 Å². The average Bonchev–Trinajstić information content (AvgIpc) is 3.36. The highest BCUT2D eigenvalue weighted by Crippen LogP contribution is 2.47. The van der Waals surface area contributed by atoms with Crippen LogP contribution in [0.4, 0.5) is 18.9 Å². The summed E-state index contributed by atoms with van der Waals surface area (Å²) < 4.78 is 40.8. The second-order valence-electron chi connectivity index (χ2n) is 7.55. The van der Waals surface area contributed by atoms with Crippen LogP contribution in [0.25, 0.3) is 16.6 Å². The Labute approximate surface area is 190 Å². The number of H-pyrrole nitrogens is 1. The first-order chi connectivity index (χ1) is 15.8. The number of alkyl halides is 3. The summed E-state index contributed by atoms with van der Waals surface area (Å²) in [7, 11) is 0. The van der Waals surface area contributed by atoms with Crippen LogP contribution >= 0.6 is 11.6 Å². The normalized spacial score (nSPS) is 16.8. The van der Waals surface area contributed by atoms with Crippen LogP contribution in [0.2, 0.25) is 5.02 Å². The van der Waals surface area contributed by atoms with E-state index in [0.717, 1.165) is 12.1 Å². The van der Waals surface area contributed by atoms with Gasteiger partial charge in [-0.05, 0) is 41.5 Å². The first kappa shape index (κ1) is 21.1. The number of hydrogen-bond donors (Lipinski definition) is 2. The number of nitrogens with zero attached hydrogens (tertiary/aromatic N) is 2. The maximum Gasteiger partial charge on any atom is 0.417 e. The molecule has 9 heteroatoms. The Morgan fingerprint density at radius 3 is 2.52 bits per heavy atom. The van der Waals surface area contributed by atoms with Gasteiger partial charge in [0.1, 0.15) is 0 Å². The number of aromatic amines is 1. The summed E-state index contributed by atoms with van der Waals surface area (Å²) in [5.41, 5.74) is 1.56. The third-order valence-electron chi connectivity index (χ3n) is 5.59. The van der Waals surface area contributed by atoms with Crippen molar-refractivity contribution in [3.8, 4) is 0 Å². The van der Waals surface area contributed by atoms with E-state index in [0.29, 0.717) is 22.3 Å². The van der Waals surface area contributed by atoms with Crippen LogP contribution in [0, 0.1) is 0 Å². The second kappa shape index (κ2) is 7.67. The molecule has 0 spiro atoms. The Hall–Kier alpha value is -3.78. The molecule has 1 amide bonds. The largest absolute Gasteiger partial charge is 0.503 e. The lowest BCUT2D eigenvalue weighted by Gasteiger charge is -2.28. The lowest BCUT2D eigenvalue weighted by Crippen LogP contribution is -2.30. The third kappa shape index (κ3) is 3.52. The Morgan fingerprint density at radius 1 is 1.03 bits per heavy atom. The first-order valence-electron chi connectivity index (χ1n) is 9.87. The molecule has 0 saturated heterocycles. The summed E-state index contributed by atoms with van der Waals surface area (Å²) in [6.45, 7) is 0. The number of fused-ring (bicyclic) bond motifs is 1. The zero-order valence-corrected chi connectivity index (χ0v) is 17.5. The molecule has 1 aromatic heterocycles. The fourth-order valence-corrected chi connectivity index (χ4v) is 4.33. The quantitative estimate of drug-likeness (QED) is 0.370. The molecule has 4 aromatic rings. The van der Waals surface area contributed by atoms with Crippen LogP contribution in [0.15, 0.2) is 78.8 Å². The number of aliphatic hydroxyl groups excluding tert-OH is 1. The van der Waals surface area contributed by atoms with E-state index >= 15 is 0 Å². The Kier molecular flexibility index (Phi) is 4.90. The number of halogens is 4. The smallest absolute Gasteiger partial charge is 0.417 e. The van der Waals surface area contributed by atoms with E-state index < -0.39 is 34.5 Å². The van der Waals surface area contributed by atoms with Crippen molar-refractivity contribution in [3.63, 3.8) is 0 Å². The lowest BCUT2D eigenvalue weighted by molar-refractivity contribution is -0.137. The van der Waals surface area contributed by atoms with Gasteiger partial charge in [0.25, 0.3) is 5.91 Å². The van der Waals surface area contributed by atoms with E-state index in [4.69, 9.17) is 11.6 Å². The monoisotopic (exact) mass is 469 g/mol. The molecule has 5 rings (SSSR count). The van der Waals surface area contributed by atoms with Crippen molar-refractivity contribution in [2.24, 2.45) is 0 Å². The molecule has 0 aliphatic carbocycles. The molecule has 1 aliphatic rings. The van der Waals surface area contributed by atoms with E-state index in [2.05, 4.69) is 9.97 Å². The number of aromatic nitrogens is 2. The van der Waals surface area contributed by atoms with Crippen molar-refractivity contribution < 1.29 is 23.1 Å². The molecular formula is C24H15ClF3N3O2. The highest BCUT2D eigenvalue weighted by molar-refractivity contribution is 6.31. The molecule has 166 valence electrons. The third-order valence-corrected chi connectivity index (χ3v) is 5.92. The highest BCUT2D eigenvalue weighted by atomic mass is 35.5. The standard InChI is InChI=1S/C24H15ClF3N3O2/c25-17-8-6-14(10-16(17)24(26,27)28)21-20(13-4-2-1-3-5-13)22(32)23(33)31(21)15-7-9-18-19(11-15)30-12-29-18/h1-12,21,32H,(H,29,30). The van der Waals surface area contributed by atoms with Gasteiger partial charge in [0.2, 0.25) is 0 Å². The minimum atomic E-state index is -4.69. The minimum absolute atomic E-state index is 0.160. The molecular weight excluding hydrogens is 455 g/mol. The van der Waals surface area contributed by atoms with Gasteiger partial charge in [0.15, 0.2) is 5.76 Å². The molecule has 1 unspecified atom stereocenters. The van der Waals surface area contributed by atoms with Crippen molar-refractivity contribution in [1.82, 2.24) is 9.97 Å². The number of nitrogens with one attached hydrogen (secondary N) is 1. The molecule has 1 atom stereocenters. The number of anilines is 1. The maximum absolute atomic E-state index is 13.6. The van der Waals surface area contributed by atoms with Gasteiger partial charge in [-0.3, -0.25) is 9.69 Å². The van der Waals surface area contributed by atoms with Crippen LogP contribution in [0.5, 0.6) is 0 Å². The minimum Gasteiger partial charge on any atom is -0.503 e. The van der Waals surface area contributed by atoms with E-state index in [1.165, 1.54) is 17.3 Å². The summed E-state index contributed by atoms with van der Waals surface area (Å²) in [6, 6.07) is 16.1. The zero-order chi connectivity index (χ0) is 23.3. The predicted octanol–water partition coefficient (Wildman–Crippen LogP) is 6.29. The van der Waals surface area contributed by atoms with E-state index in [1.807, 2.05) is 0 Å². The van der Waals surface area contributed by atoms with Gasteiger partial charge in [0.05, 0.1) is 34.0 Å². The van der Waals surface area contributed by atoms with Crippen LogP contribution in [-0.4, -0.2) is 21.0 Å². The molecule has 0 bridgehead atoms. The van der Waals surface area contributed by atoms with Gasteiger partial charge in [-0.2, -0.15) is 13.2 Å². The molecule has 0 radical (unpaired) electrons. The van der Waals surface area contributed by atoms with E-state index in [-0.39, 0.29) is 11.1 Å². The number of imidazole rings is 1. The number of aliphatic hydroxyl groups is 1. The van der Waals surface area contributed by atoms with Gasteiger partial charge < -0.3 is 10.1 Å². The number of benzene rings is 3. The fourth-order valence-electron chi connectivity index (χ4n) is 4.10. The van der Waals surface area contributed by atoms with E-state index in [1.54, 1.807) is 48.5 Å². The van der Waals surface area contributed by atoms with Gasteiger partial charge in [-0.25, -0.2) is 4.98 Å². The SMILES string of the molecule is O=C1C(O)=C(c2ccccc2)C(c2ccc(Cl)c(C(F)(F)F)c2)N1c1ccc2nc[nH]c2c1. The molecule has 1 aliphatic heterocycles. The molecule has 3 aromatic carbocycles. The molecule has 2 N–H and O–H groups in total. The summed E-state index contributed by atoms with van der Waals surface area (Å²) in [5.74, 6) is -1.25. The van der Waals surface area contributed by atoms with Crippen molar-refractivity contribution in [3.05, 3.63) is 101 Å². The number of carbonyl (C=O) groups excluding carboxylic acids is 1. The number of hydrogen-bond acceptors (Lipinski definition) is 3. The number of carbonyl (C=O) groups is 1. The van der Waals surface area contributed by atoms with Crippen LogP contribution in [0.3, 0.4) is 0 Å². The Balaban J connectivity index is 1.74. The summed E-state index contributed by atoms with van der Waals surface area (Å²) >= 11 is 5.83. The predicted molar refractivity (Wildman–Crippen MR) is 119 cm³/mol. The van der Waals surface area contributed by atoms with Crippen molar-refractivity contribution in [1.29, 1.82) is 0 Å². The first-order valence-corrected chi connectivity index (χ1v) is 10.3. The lowest BCUT2D eigenvalue weighted by atomic mass is 9.92. The summed E-state index contributed by atoms with van der Waals surface area (Å²) in [6.07, 6.45) is -3.19. The summed E-state index contributed by atoms with van der Waals surface area (Å²) in [4.78, 5) is 21.6. The zero-order valence-electron chi connectivity index (χ0n) is 16.8. The van der Waals surface area contributed by atoms with Crippen molar-refractivity contribution >= 4 is 39.8 Å². The van der Waals surface area contributed by atoms with Crippen molar-refractivity contribution in [2.45, 2.75) is 12.2 Å². The average molecular weight is 470 g/mol. The topological polar surface area (TPSA) is 69.2 Å². The van der Waals surface area contributed by atoms with Gasteiger partial charge in [-0.15, -0.1) is 0 Å². The molecule has 5 nitrogen and oxygen atoms in total. The Morgan fingerprint density at radius 2 is 1.79 bits per heavy atom. The molecule has 2 heterocycles. The van der Waals surface area contributed by atoms with Crippen LogP contribution in [-0.2, 0) is 11.0 Å². The molecule has 33 heavy (non-hydrogen) atoms. The number of amides is 1.